The Balaban J connectivity index is 2.05. The molecule has 2 rings (SSSR count). The number of hydrogen-bond acceptors (Lipinski definition) is 3. The van der Waals surface area contributed by atoms with E-state index >= 15 is 0 Å². The van der Waals surface area contributed by atoms with Crippen molar-refractivity contribution < 1.29 is 4.74 Å². The summed E-state index contributed by atoms with van der Waals surface area (Å²) in [5.41, 5.74) is 1.24. The number of ether oxygens (including phenoxy) is 1. The van der Waals surface area contributed by atoms with E-state index in [1.54, 1.807) is 18.9 Å². The van der Waals surface area contributed by atoms with Crippen molar-refractivity contribution in [1.82, 2.24) is 9.55 Å². The fourth-order valence-corrected chi connectivity index (χ4v) is 2.90. The van der Waals surface area contributed by atoms with Crippen molar-refractivity contribution >= 4 is 27.7 Å². The molecule has 0 aliphatic heterocycles. The molecule has 0 spiro atoms. The van der Waals surface area contributed by atoms with Gasteiger partial charge in [-0.2, -0.15) is 0 Å². The number of nitrogens with zero attached hydrogens (tertiary/aromatic N) is 2. The van der Waals surface area contributed by atoms with E-state index in [4.69, 9.17) is 4.74 Å². The number of aromatic nitrogens is 2. The van der Waals surface area contributed by atoms with Crippen LogP contribution in [0.5, 0.6) is 5.75 Å². The highest BCUT2D eigenvalue weighted by molar-refractivity contribution is 9.10. The third kappa shape index (κ3) is 3.04. The first-order valence-corrected chi connectivity index (χ1v) is 6.91. The summed E-state index contributed by atoms with van der Waals surface area (Å²) in [5.74, 6) is 1.75. The smallest absolute Gasteiger partial charge is 0.167 e. The zero-order valence-electron chi connectivity index (χ0n) is 9.68. The molecule has 5 heteroatoms. The standard InChI is InChI=1S/C12H13BrN2OS/c1-15-6-5-14-12(15)17-8-9-3-4-11(16-2)10(13)7-9/h3-7H,8H2,1-2H3. The van der Waals surface area contributed by atoms with Gasteiger partial charge in [0.05, 0.1) is 11.6 Å². The van der Waals surface area contributed by atoms with E-state index in [9.17, 15) is 0 Å². The zero-order valence-corrected chi connectivity index (χ0v) is 12.1. The maximum absolute atomic E-state index is 5.20. The maximum atomic E-state index is 5.20. The Morgan fingerprint density at radius 2 is 2.29 bits per heavy atom. The number of methoxy groups -OCH3 is 1. The molecule has 0 atom stereocenters. The quantitative estimate of drug-likeness (QED) is 0.809. The maximum Gasteiger partial charge on any atom is 0.167 e. The van der Waals surface area contributed by atoms with Crippen LogP contribution >= 0.6 is 27.7 Å². The van der Waals surface area contributed by atoms with Gasteiger partial charge in [0.1, 0.15) is 5.75 Å². The molecule has 0 aliphatic carbocycles. The lowest BCUT2D eigenvalue weighted by Crippen LogP contribution is -1.90. The molecule has 1 aromatic carbocycles. The van der Waals surface area contributed by atoms with Gasteiger partial charge in [0.2, 0.25) is 0 Å². The molecule has 90 valence electrons. The molecule has 1 heterocycles. The van der Waals surface area contributed by atoms with Gasteiger partial charge in [-0.3, -0.25) is 0 Å². The Labute approximate surface area is 113 Å². The predicted octanol–water partition coefficient (Wildman–Crippen LogP) is 3.48. The second-order valence-electron chi connectivity index (χ2n) is 3.58. The average Bonchev–Trinajstić information content (AvgIpc) is 2.72. The van der Waals surface area contributed by atoms with E-state index in [1.807, 2.05) is 30.1 Å². The molecule has 2 aromatic rings. The lowest BCUT2D eigenvalue weighted by Gasteiger charge is -2.06. The van der Waals surface area contributed by atoms with E-state index in [1.165, 1.54) is 5.56 Å². The van der Waals surface area contributed by atoms with E-state index < -0.39 is 0 Å². The van der Waals surface area contributed by atoms with Gasteiger partial charge in [0.25, 0.3) is 0 Å². The zero-order chi connectivity index (χ0) is 12.3. The highest BCUT2D eigenvalue weighted by Gasteiger charge is 2.04. The van der Waals surface area contributed by atoms with Crippen LogP contribution in [0, 0.1) is 0 Å². The van der Waals surface area contributed by atoms with Crippen LogP contribution in [0.1, 0.15) is 5.56 Å². The van der Waals surface area contributed by atoms with Gasteiger partial charge < -0.3 is 9.30 Å². The van der Waals surface area contributed by atoms with Crippen LogP contribution < -0.4 is 4.74 Å². The summed E-state index contributed by atoms with van der Waals surface area (Å²) < 4.78 is 8.20. The summed E-state index contributed by atoms with van der Waals surface area (Å²) in [6.45, 7) is 0. The number of hydrogen-bond donors (Lipinski definition) is 0. The first-order chi connectivity index (χ1) is 8.20. The molecule has 0 radical (unpaired) electrons. The molecule has 1 aromatic heterocycles. The molecule has 0 fully saturated rings. The Kier molecular flexibility index (Phi) is 4.12. The minimum atomic E-state index is 0.857. The summed E-state index contributed by atoms with van der Waals surface area (Å²) >= 11 is 5.20. The summed E-state index contributed by atoms with van der Waals surface area (Å²) in [5, 5.41) is 1.02. The third-order valence-corrected chi connectivity index (χ3v) is 4.11. The number of thioether (sulfide) groups is 1. The van der Waals surface area contributed by atoms with E-state index in [-0.39, 0.29) is 0 Å². The van der Waals surface area contributed by atoms with Crippen molar-refractivity contribution in [3.63, 3.8) is 0 Å². The van der Waals surface area contributed by atoms with Gasteiger partial charge in [0, 0.05) is 25.2 Å². The number of halogens is 1. The van der Waals surface area contributed by atoms with Crippen LogP contribution in [0.25, 0.3) is 0 Å². The first-order valence-electron chi connectivity index (χ1n) is 5.13. The highest BCUT2D eigenvalue weighted by atomic mass is 79.9. The van der Waals surface area contributed by atoms with Crippen LogP contribution in [0.3, 0.4) is 0 Å². The fraction of sp³-hybridized carbons (Fsp3) is 0.250. The van der Waals surface area contributed by atoms with Crippen molar-refractivity contribution in [2.24, 2.45) is 7.05 Å². The lowest BCUT2D eigenvalue weighted by atomic mass is 10.2. The van der Waals surface area contributed by atoms with Crippen LogP contribution in [0.15, 0.2) is 40.2 Å². The van der Waals surface area contributed by atoms with Crippen molar-refractivity contribution in [1.29, 1.82) is 0 Å². The SMILES string of the molecule is COc1ccc(CSc2nccn2C)cc1Br. The normalized spacial score (nSPS) is 10.5. The molecule has 0 bridgehead atoms. The second kappa shape index (κ2) is 5.60. The fourth-order valence-electron chi connectivity index (χ4n) is 1.44. The van der Waals surface area contributed by atoms with Gasteiger partial charge in [0.15, 0.2) is 5.16 Å². The van der Waals surface area contributed by atoms with Crippen LogP contribution in [0.4, 0.5) is 0 Å². The highest BCUT2D eigenvalue weighted by Crippen LogP contribution is 2.28. The summed E-state index contributed by atoms with van der Waals surface area (Å²) in [4.78, 5) is 4.28. The van der Waals surface area contributed by atoms with Gasteiger partial charge in [-0.25, -0.2) is 4.98 Å². The molecule has 0 saturated heterocycles. The van der Waals surface area contributed by atoms with E-state index in [0.29, 0.717) is 0 Å². The largest absolute Gasteiger partial charge is 0.496 e. The summed E-state index contributed by atoms with van der Waals surface area (Å²) in [6, 6.07) is 6.12. The predicted molar refractivity (Wildman–Crippen MR) is 73.5 cm³/mol. The van der Waals surface area contributed by atoms with Crippen molar-refractivity contribution in [3.05, 3.63) is 40.6 Å². The molecule has 3 nitrogen and oxygen atoms in total. The molecule has 0 amide bonds. The Morgan fingerprint density at radius 1 is 1.47 bits per heavy atom. The Hall–Kier alpha value is -0.940. The van der Waals surface area contributed by atoms with Crippen molar-refractivity contribution in [2.45, 2.75) is 10.9 Å². The summed E-state index contributed by atoms with van der Waals surface area (Å²) in [7, 11) is 3.67. The van der Waals surface area contributed by atoms with Gasteiger partial charge in [-0.1, -0.05) is 17.8 Å². The molecular formula is C12H13BrN2OS. The second-order valence-corrected chi connectivity index (χ2v) is 5.38. The van der Waals surface area contributed by atoms with Crippen LogP contribution in [-0.2, 0) is 12.8 Å². The van der Waals surface area contributed by atoms with E-state index in [0.717, 1.165) is 21.1 Å². The van der Waals surface area contributed by atoms with Crippen molar-refractivity contribution in [2.75, 3.05) is 7.11 Å². The molecule has 0 saturated carbocycles. The number of aryl methyl sites for hydroxylation is 1. The number of imidazole rings is 1. The average molecular weight is 313 g/mol. The number of benzene rings is 1. The third-order valence-electron chi connectivity index (χ3n) is 2.36. The molecule has 0 unspecified atom stereocenters. The number of rotatable bonds is 4. The van der Waals surface area contributed by atoms with Gasteiger partial charge in [-0.15, -0.1) is 0 Å². The molecule has 0 aliphatic rings. The van der Waals surface area contributed by atoms with Crippen molar-refractivity contribution in [3.8, 4) is 5.75 Å². The molecular weight excluding hydrogens is 300 g/mol. The monoisotopic (exact) mass is 312 g/mol. The van der Waals surface area contributed by atoms with Crippen LogP contribution in [-0.4, -0.2) is 16.7 Å². The lowest BCUT2D eigenvalue weighted by molar-refractivity contribution is 0.412. The molecule has 17 heavy (non-hydrogen) atoms. The first kappa shape index (κ1) is 12.5. The topological polar surface area (TPSA) is 27.1 Å². The Bertz CT molecular complexity index is 513. The molecule has 0 N–H and O–H groups in total. The summed E-state index contributed by atoms with van der Waals surface area (Å²) in [6.07, 6.45) is 3.76. The van der Waals surface area contributed by atoms with Crippen LogP contribution in [0.2, 0.25) is 0 Å². The van der Waals surface area contributed by atoms with Gasteiger partial charge in [-0.05, 0) is 33.6 Å². The van der Waals surface area contributed by atoms with E-state index in [2.05, 4.69) is 33.0 Å². The minimum Gasteiger partial charge on any atom is -0.496 e. The minimum absolute atomic E-state index is 0.857. The van der Waals surface area contributed by atoms with Gasteiger partial charge >= 0.3 is 0 Å². The Morgan fingerprint density at radius 3 is 2.88 bits per heavy atom.